The second-order valence-electron chi connectivity index (χ2n) is 10.8. The lowest BCUT2D eigenvalue weighted by molar-refractivity contribution is -0.276. The van der Waals surface area contributed by atoms with Gasteiger partial charge >= 0.3 is 12.4 Å². The summed E-state index contributed by atoms with van der Waals surface area (Å²) in [7, 11) is 0. The molecule has 210 valence electrons. The molecule has 0 unspecified atom stereocenters. The average molecular weight is 557 g/mol. The first-order valence-electron chi connectivity index (χ1n) is 12.4. The van der Waals surface area contributed by atoms with E-state index in [1.807, 2.05) is 0 Å². The van der Waals surface area contributed by atoms with Gasteiger partial charge in [0.05, 0.1) is 34.8 Å². The van der Waals surface area contributed by atoms with Crippen LogP contribution in [0, 0.1) is 29.6 Å². The van der Waals surface area contributed by atoms with Crippen molar-refractivity contribution in [3.63, 3.8) is 0 Å². The lowest BCUT2D eigenvalue weighted by atomic mass is 9.62. The summed E-state index contributed by atoms with van der Waals surface area (Å²) in [5.74, 6) is -7.99. The number of phenolic OH excluding ortho intramolecular Hbond substituents is 1. The number of ether oxygens (including phenoxy) is 1. The lowest BCUT2D eigenvalue weighted by Crippen LogP contribution is -2.55. The van der Waals surface area contributed by atoms with Gasteiger partial charge in [-0.15, -0.1) is 0 Å². The van der Waals surface area contributed by atoms with Crippen LogP contribution in [0.15, 0.2) is 42.5 Å². The van der Waals surface area contributed by atoms with Crippen molar-refractivity contribution < 1.29 is 50.9 Å². The normalized spacial score (nSPS) is 31.1. The number of hydrogen-bond donors (Lipinski definition) is 2. The molecule has 3 fully saturated rings. The van der Waals surface area contributed by atoms with E-state index in [1.165, 1.54) is 12.1 Å². The van der Waals surface area contributed by atoms with E-state index in [-0.39, 0.29) is 30.6 Å². The summed E-state index contributed by atoms with van der Waals surface area (Å²) in [6.45, 7) is 3.57. The molecule has 2 aromatic rings. The zero-order valence-electron chi connectivity index (χ0n) is 20.8. The van der Waals surface area contributed by atoms with Crippen molar-refractivity contribution in [1.82, 2.24) is 0 Å². The van der Waals surface area contributed by atoms with Crippen LogP contribution in [0.2, 0.25) is 0 Å². The highest BCUT2D eigenvalue weighted by molar-refractivity contribution is 6.22. The second kappa shape index (κ2) is 8.95. The minimum atomic E-state index is -5.16. The van der Waals surface area contributed by atoms with Gasteiger partial charge in [0, 0.05) is 11.8 Å². The number of nitrogens with zero attached hydrogens (tertiary/aromatic N) is 1. The van der Waals surface area contributed by atoms with Gasteiger partial charge < -0.3 is 14.9 Å². The third kappa shape index (κ3) is 4.47. The Kier molecular flexibility index (Phi) is 6.30. The third-order valence-corrected chi connectivity index (χ3v) is 8.16. The van der Waals surface area contributed by atoms with E-state index >= 15 is 0 Å². The van der Waals surface area contributed by atoms with Crippen molar-refractivity contribution in [1.29, 1.82) is 0 Å². The maximum Gasteiger partial charge on any atom is 0.416 e. The first kappa shape index (κ1) is 27.4. The molecule has 6 nitrogen and oxygen atoms in total. The molecule has 0 aromatic heterocycles. The smallest absolute Gasteiger partial charge is 0.416 e. The van der Waals surface area contributed by atoms with E-state index < -0.39 is 76.5 Å². The number of amides is 2. The van der Waals surface area contributed by atoms with Gasteiger partial charge in [-0.25, -0.2) is 0 Å². The first-order chi connectivity index (χ1) is 18.0. The van der Waals surface area contributed by atoms with Crippen LogP contribution in [0.3, 0.4) is 0 Å². The molecule has 5 rings (SSSR count). The Morgan fingerprint density at radius 2 is 1.56 bits per heavy atom. The summed E-state index contributed by atoms with van der Waals surface area (Å²) < 4.78 is 87.0. The summed E-state index contributed by atoms with van der Waals surface area (Å²) in [5.41, 5.74) is -3.60. The van der Waals surface area contributed by atoms with Crippen molar-refractivity contribution in [3.8, 4) is 5.75 Å². The van der Waals surface area contributed by atoms with Crippen LogP contribution < -0.4 is 4.90 Å². The SMILES string of the molecule is CC(C)[C@H]1C[C@@H]2C(=O)N(c3cc(C(F)(F)F)cc(C(F)(F)F)c3)C(=O)[C@@H]2[C@@H]2C[C@@H](c3cccc(O)c3)O[C@]12O. The number of hydrogen-bond acceptors (Lipinski definition) is 5. The van der Waals surface area contributed by atoms with E-state index in [9.17, 15) is 46.1 Å². The molecular formula is C27H25F6NO5. The quantitative estimate of drug-likeness (QED) is 0.375. The highest BCUT2D eigenvalue weighted by atomic mass is 19.4. The summed E-state index contributed by atoms with van der Waals surface area (Å²) in [6.07, 6.45) is -11.1. The van der Waals surface area contributed by atoms with E-state index in [4.69, 9.17) is 4.74 Å². The predicted molar refractivity (Wildman–Crippen MR) is 124 cm³/mol. The first-order valence-corrected chi connectivity index (χ1v) is 12.4. The maximum absolute atomic E-state index is 13.7. The Bertz CT molecular complexity index is 1290. The molecule has 3 aliphatic rings. The summed E-state index contributed by atoms with van der Waals surface area (Å²) >= 11 is 0. The van der Waals surface area contributed by atoms with Crippen molar-refractivity contribution in [2.45, 2.75) is 50.9 Å². The second-order valence-corrected chi connectivity index (χ2v) is 10.8. The summed E-state index contributed by atoms with van der Waals surface area (Å²) in [6, 6.07) is 6.74. The van der Waals surface area contributed by atoms with Crippen LogP contribution in [-0.2, 0) is 26.7 Å². The van der Waals surface area contributed by atoms with Crippen LogP contribution in [0.4, 0.5) is 32.0 Å². The number of aliphatic hydroxyl groups is 1. The Morgan fingerprint density at radius 1 is 0.949 bits per heavy atom. The Balaban J connectivity index is 1.58. The minimum absolute atomic E-state index is 0.0474. The van der Waals surface area contributed by atoms with Crippen molar-refractivity contribution >= 4 is 17.5 Å². The Morgan fingerprint density at radius 3 is 2.10 bits per heavy atom. The molecule has 2 aliphatic heterocycles. The molecule has 6 atom stereocenters. The Labute approximate surface area is 219 Å². The fraction of sp³-hybridized carbons (Fsp3) is 0.481. The van der Waals surface area contributed by atoms with Crippen LogP contribution in [0.5, 0.6) is 5.75 Å². The standard InChI is InChI=1S/C27H25F6NO5/c1-12(2)19-10-18-22(20-11-21(39-25(19,20)38)13-4-3-5-17(35)6-13)24(37)34(23(18)36)16-8-14(26(28,29)30)7-15(9-16)27(31,32)33/h3-9,12,18-22,35,38H,10-11H2,1-2H3/t18-,19+,20-,21-,22-,25+/m0/s1. The topological polar surface area (TPSA) is 87.1 Å². The van der Waals surface area contributed by atoms with E-state index in [0.29, 0.717) is 22.6 Å². The van der Waals surface area contributed by atoms with E-state index in [0.717, 1.165) is 0 Å². The van der Waals surface area contributed by atoms with Gasteiger partial charge in [0.1, 0.15) is 5.75 Å². The number of phenols is 1. The number of aromatic hydroxyl groups is 1. The molecule has 1 saturated carbocycles. The van der Waals surface area contributed by atoms with Crippen molar-refractivity contribution in [3.05, 3.63) is 59.2 Å². The van der Waals surface area contributed by atoms with Gasteiger partial charge in [0.25, 0.3) is 0 Å². The fourth-order valence-electron chi connectivity index (χ4n) is 6.42. The number of fused-ring (bicyclic) bond motifs is 3. The summed E-state index contributed by atoms with van der Waals surface area (Å²) in [4.78, 5) is 27.6. The lowest BCUT2D eigenvalue weighted by Gasteiger charge is -2.46. The number of rotatable bonds is 3. The molecule has 0 radical (unpaired) electrons. The molecule has 2 aromatic carbocycles. The number of imide groups is 1. The molecular weight excluding hydrogens is 532 g/mol. The molecule has 2 heterocycles. The number of carbonyl (C=O) groups excluding carboxylic acids is 2. The molecule has 0 bridgehead atoms. The zero-order chi connectivity index (χ0) is 28.7. The van der Waals surface area contributed by atoms with Gasteiger partial charge in [-0.3, -0.25) is 14.5 Å². The van der Waals surface area contributed by atoms with Crippen LogP contribution in [-0.4, -0.2) is 27.8 Å². The number of halogens is 6. The highest BCUT2D eigenvalue weighted by Gasteiger charge is 2.67. The molecule has 2 amide bonds. The number of alkyl halides is 6. The fourth-order valence-corrected chi connectivity index (χ4v) is 6.42. The third-order valence-electron chi connectivity index (χ3n) is 8.16. The number of benzene rings is 2. The van der Waals surface area contributed by atoms with E-state index in [1.54, 1.807) is 26.0 Å². The van der Waals surface area contributed by atoms with E-state index in [2.05, 4.69) is 0 Å². The zero-order valence-corrected chi connectivity index (χ0v) is 20.8. The van der Waals surface area contributed by atoms with Gasteiger partial charge in [-0.1, -0.05) is 26.0 Å². The van der Waals surface area contributed by atoms with Gasteiger partial charge in [-0.05, 0) is 54.7 Å². The monoisotopic (exact) mass is 557 g/mol. The van der Waals surface area contributed by atoms with Gasteiger partial charge in [-0.2, -0.15) is 26.3 Å². The number of carbonyl (C=O) groups is 2. The molecule has 2 saturated heterocycles. The van der Waals surface area contributed by atoms with Crippen molar-refractivity contribution in [2.75, 3.05) is 4.90 Å². The summed E-state index contributed by atoms with van der Waals surface area (Å²) in [5, 5.41) is 21.7. The van der Waals surface area contributed by atoms with Gasteiger partial charge in [0.2, 0.25) is 11.8 Å². The predicted octanol–water partition coefficient (Wildman–Crippen LogP) is 5.68. The highest BCUT2D eigenvalue weighted by Crippen LogP contribution is 2.60. The maximum atomic E-state index is 13.7. The van der Waals surface area contributed by atoms with Crippen LogP contribution >= 0.6 is 0 Å². The molecule has 0 spiro atoms. The average Bonchev–Trinajstić information content (AvgIpc) is 3.30. The molecule has 12 heteroatoms. The van der Waals surface area contributed by atoms with Gasteiger partial charge in [0.15, 0.2) is 5.79 Å². The van der Waals surface area contributed by atoms with Crippen LogP contribution in [0.25, 0.3) is 0 Å². The minimum Gasteiger partial charge on any atom is -0.508 e. The molecule has 39 heavy (non-hydrogen) atoms. The van der Waals surface area contributed by atoms with Crippen LogP contribution in [0.1, 0.15) is 49.5 Å². The van der Waals surface area contributed by atoms with Crippen molar-refractivity contribution in [2.24, 2.45) is 29.6 Å². The largest absolute Gasteiger partial charge is 0.508 e. The number of anilines is 1. The molecule has 1 aliphatic carbocycles. The Hall–Kier alpha value is -3.12. The molecule has 2 N–H and O–H groups in total.